The molecule has 3 aliphatic rings. The van der Waals surface area contributed by atoms with E-state index < -0.39 is 6.04 Å². The number of amides is 3. The number of carbonyl (C=O) groups excluding carboxylic acids is 3. The van der Waals surface area contributed by atoms with Gasteiger partial charge in [0.1, 0.15) is 6.04 Å². The van der Waals surface area contributed by atoms with Gasteiger partial charge in [-0.3, -0.25) is 24.6 Å². The summed E-state index contributed by atoms with van der Waals surface area (Å²) >= 11 is 0. The number of nitrogens with one attached hydrogen (secondary N) is 1. The van der Waals surface area contributed by atoms with Crippen LogP contribution in [0.5, 0.6) is 0 Å². The summed E-state index contributed by atoms with van der Waals surface area (Å²) in [5.41, 5.74) is 8.78. The van der Waals surface area contributed by atoms with Gasteiger partial charge < -0.3 is 10.6 Å². The Labute approximate surface area is 165 Å². The molecule has 7 nitrogen and oxygen atoms in total. The van der Waals surface area contributed by atoms with Gasteiger partial charge >= 0.3 is 0 Å². The predicted octanol–water partition coefficient (Wildman–Crippen LogP) is 1.01. The van der Waals surface area contributed by atoms with Crippen molar-refractivity contribution in [3.05, 3.63) is 34.9 Å². The lowest BCUT2D eigenvalue weighted by molar-refractivity contribution is -0.136. The topological polar surface area (TPSA) is 95.7 Å². The van der Waals surface area contributed by atoms with Gasteiger partial charge in [0, 0.05) is 37.7 Å². The highest BCUT2D eigenvalue weighted by Crippen LogP contribution is 2.29. The van der Waals surface area contributed by atoms with E-state index in [4.69, 9.17) is 5.73 Å². The summed E-state index contributed by atoms with van der Waals surface area (Å²) in [6, 6.07) is 5.81. The van der Waals surface area contributed by atoms with E-state index in [-0.39, 0.29) is 24.1 Å². The minimum Gasteiger partial charge on any atom is -0.329 e. The first-order chi connectivity index (χ1) is 13.5. The molecule has 0 saturated carbocycles. The van der Waals surface area contributed by atoms with Crippen LogP contribution < -0.4 is 11.1 Å². The maximum atomic E-state index is 12.8. The Hall–Kier alpha value is -2.25. The van der Waals surface area contributed by atoms with Crippen LogP contribution in [0.1, 0.15) is 54.1 Å². The first-order valence-corrected chi connectivity index (χ1v) is 10.2. The lowest BCUT2D eigenvalue weighted by Gasteiger charge is -2.38. The number of nitrogens with zero attached hydrogens (tertiary/aromatic N) is 2. The Balaban J connectivity index is 1.48. The number of hydrogen-bond donors (Lipinski definition) is 2. The Kier molecular flexibility index (Phi) is 5.21. The second kappa shape index (κ2) is 7.64. The molecule has 28 heavy (non-hydrogen) atoms. The van der Waals surface area contributed by atoms with Crippen molar-refractivity contribution in [1.29, 1.82) is 0 Å². The van der Waals surface area contributed by atoms with E-state index in [1.807, 2.05) is 12.1 Å². The fraction of sp³-hybridized carbons (Fsp3) is 0.571. The summed E-state index contributed by atoms with van der Waals surface area (Å²) in [5, 5.41) is 2.34. The minimum absolute atomic E-state index is 0.123. The number of imide groups is 1. The Morgan fingerprint density at radius 1 is 1.21 bits per heavy atom. The van der Waals surface area contributed by atoms with Gasteiger partial charge in [-0.15, -0.1) is 0 Å². The van der Waals surface area contributed by atoms with Crippen LogP contribution in [0.4, 0.5) is 0 Å². The predicted molar refractivity (Wildman–Crippen MR) is 104 cm³/mol. The molecule has 1 unspecified atom stereocenters. The van der Waals surface area contributed by atoms with Crippen LogP contribution in [0.25, 0.3) is 0 Å². The number of rotatable bonds is 4. The molecule has 3 atom stereocenters. The molecule has 3 aliphatic heterocycles. The third-order valence-electron chi connectivity index (χ3n) is 6.35. The average molecular weight is 384 g/mol. The molecule has 0 aliphatic carbocycles. The maximum Gasteiger partial charge on any atom is 0.255 e. The molecule has 0 aromatic heterocycles. The first kappa shape index (κ1) is 19.1. The van der Waals surface area contributed by atoms with Crippen LogP contribution in [0.2, 0.25) is 0 Å². The average Bonchev–Trinajstić information content (AvgIpc) is 2.99. The second-order valence-electron chi connectivity index (χ2n) is 8.38. The summed E-state index contributed by atoms with van der Waals surface area (Å²) < 4.78 is 0. The highest BCUT2D eigenvalue weighted by Gasteiger charge is 2.39. The molecular weight excluding hydrogens is 356 g/mol. The summed E-state index contributed by atoms with van der Waals surface area (Å²) in [6.07, 6.45) is 2.98. The lowest BCUT2D eigenvalue weighted by atomic mass is 9.92. The van der Waals surface area contributed by atoms with Gasteiger partial charge in [-0.25, -0.2) is 0 Å². The van der Waals surface area contributed by atoms with Gasteiger partial charge in [-0.05, 0) is 48.9 Å². The zero-order valence-electron chi connectivity index (χ0n) is 16.3. The summed E-state index contributed by atoms with van der Waals surface area (Å²) in [7, 11) is 0. The summed E-state index contributed by atoms with van der Waals surface area (Å²) in [4.78, 5) is 40.4. The SMILES string of the molecule is C[C@@H]1CCN(Cc2ccc3c(c2)CN(C2CCC(=O)NC2=O)C3=O)[C@H](CN)C1. The molecule has 3 heterocycles. The van der Waals surface area contributed by atoms with Crippen molar-refractivity contribution >= 4 is 17.7 Å². The maximum absolute atomic E-state index is 12.8. The van der Waals surface area contributed by atoms with Crippen LogP contribution in [-0.4, -0.2) is 52.7 Å². The van der Waals surface area contributed by atoms with Crippen LogP contribution in [0, 0.1) is 5.92 Å². The van der Waals surface area contributed by atoms with Crippen molar-refractivity contribution in [1.82, 2.24) is 15.1 Å². The zero-order chi connectivity index (χ0) is 19.8. The van der Waals surface area contributed by atoms with E-state index >= 15 is 0 Å². The van der Waals surface area contributed by atoms with Crippen molar-refractivity contribution in [2.45, 2.75) is 57.8 Å². The number of benzene rings is 1. The molecule has 7 heteroatoms. The molecule has 1 aromatic rings. The smallest absolute Gasteiger partial charge is 0.255 e. The van der Waals surface area contributed by atoms with Gasteiger partial charge in [-0.1, -0.05) is 19.1 Å². The third kappa shape index (κ3) is 3.56. The molecule has 3 N–H and O–H groups in total. The largest absolute Gasteiger partial charge is 0.329 e. The highest BCUT2D eigenvalue weighted by atomic mass is 16.2. The van der Waals surface area contributed by atoms with Gasteiger partial charge in [0.25, 0.3) is 5.91 Å². The number of carbonyl (C=O) groups is 3. The fourth-order valence-electron chi connectivity index (χ4n) is 4.71. The molecule has 0 radical (unpaired) electrons. The quantitative estimate of drug-likeness (QED) is 0.756. The fourth-order valence-corrected chi connectivity index (χ4v) is 4.71. The molecular formula is C21H28N4O3. The van der Waals surface area contributed by atoms with Gasteiger partial charge in [0.05, 0.1) is 0 Å². The Bertz CT molecular complexity index is 809. The minimum atomic E-state index is -0.564. The number of piperidine rings is 2. The van der Waals surface area contributed by atoms with Crippen molar-refractivity contribution in [2.24, 2.45) is 11.7 Å². The monoisotopic (exact) mass is 384 g/mol. The molecule has 2 saturated heterocycles. The standard InChI is InChI=1S/C21H28N4O3/c1-13-6-7-24(16(8-13)10-22)11-14-2-3-17-15(9-14)12-25(21(17)28)18-4-5-19(26)23-20(18)27/h2-3,9,13,16,18H,4-8,10-12,22H2,1H3,(H,23,26,27)/t13-,16+,18?/m1/s1. The van der Waals surface area contributed by atoms with Crippen LogP contribution in [0.15, 0.2) is 18.2 Å². The molecule has 2 fully saturated rings. The van der Waals surface area contributed by atoms with E-state index in [0.717, 1.165) is 25.1 Å². The molecule has 150 valence electrons. The molecule has 0 bridgehead atoms. The summed E-state index contributed by atoms with van der Waals surface area (Å²) in [6.45, 7) is 5.24. The van der Waals surface area contributed by atoms with Crippen LogP contribution in [0.3, 0.4) is 0 Å². The zero-order valence-corrected chi connectivity index (χ0v) is 16.3. The van der Waals surface area contributed by atoms with E-state index in [9.17, 15) is 14.4 Å². The molecule has 4 rings (SSSR count). The number of likely N-dealkylation sites (tertiary alicyclic amines) is 1. The van der Waals surface area contributed by atoms with Crippen molar-refractivity contribution in [3.8, 4) is 0 Å². The van der Waals surface area contributed by atoms with Crippen molar-refractivity contribution in [2.75, 3.05) is 13.1 Å². The molecule has 0 spiro atoms. The molecule has 1 aromatic carbocycles. The first-order valence-electron chi connectivity index (χ1n) is 10.2. The van der Waals surface area contributed by atoms with Gasteiger partial charge in [-0.2, -0.15) is 0 Å². The van der Waals surface area contributed by atoms with Gasteiger partial charge in [0.15, 0.2) is 0 Å². The Morgan fingerprint density at radius 3 is 2.79 bits per heavy atom. The van der Waals surface area contributed by atoms with Crippen LogP contribution in [-0.2, 0) is 22.7 Å². The van der Waals surface area contributed by atoms with E-state index in [0.29, 0.717) is 37.0 Å². The lowest BCUT2D eigenvalue weighted by Crippen LogP contribution is -2.52. The Morgan fingerprint density at radius 2 is 2.04 bits per heavy atom. The third-order valence-corrected chi connectivity index (χ3v) is 6.35. The number of hydrogen-bond acceptors (Lipinski definition) is 5. The molecule has 3 amide bonds. The highest BCUT2D eigenvalue weighted by molar-refractivity contribution is 6.05. The number of nitrogens with two attached hydrogens (primary N) is 1. The van der Waals surface area contributed by atoms with Gasteiger partial charge in [0.2, 0.25) is 11.8 Å². The second-order valence-corrected chi connectivity index (χ2v) is 8.38. The van der Waals surface area contributed by atoms with E-state index in [1.54, 1.807) is 4.90 Å². The number of fused-ring (bicyclic) bond motifs is 1. The normalized spacial score (nSPS) is 28.4. The van der Waals surface area contributed by atoms with Crippen molar-refractivity contribution in [3.63, 3.8) is 0 Å². The summed E-state index contributed by atoms with van der Waals surface area (Å²) in [5.74, 6) is -0.0453. The van der Waals surface area contributed by atoms with Crippen molar-refractivity contribution < 1.29 is 14.4 Å². The van der Waals surface area contributed by atoms with E-state index in [1.165, 1.54) is 12.0 Å². The van der Waals surface area contributed by atoms with Crippen LogP contribution >= 0.6 is 0 Å². The van der Waals surface area contributed by atoms with E-state index in [2.05, 4.69) is 23.2 Å².